The van der Waals surface area contributed by atoms with Crippen molar-refractivity contribution in [2.24, 2.45) is 0 Å². The predicted octanol–water partition coefficient (Wildman–Crippen LogP) is -6.96. The minimum Gasteiger partial charge on any atom is -0.548 e. The first kappa shape index (κ1) is 17.0. The molecule has 7 heteroatoms. The maximum Gasteiger partial charge on any atom is 1.00 e. The van der Waals surface area contributed by atoms with E-state index >= 15 is 0 Å². The van der Waals surface area contributed by atoms with Gasteiger partial charge in [0.15, 0.2) is 0 Å². The van der Waals surface area contributed by atoms with Gasteiger partial charge in [0.05, 0.1) is 12.0 Å². The number of carbonyl (C=O) groups excluding carboxylic acids is 1. The van der Waals surface area contributed by atoms with Crippen molar-refractivity contribution in [2.45, 2.75) is 18.9 Å². The molecule has 1 aliphatic heterocycles. The van der Waals surface area contributed by atoms with Crippen LogP contribution in [0.25, 0.3) is 0 Å². The molecule has 13 heavy (non-hydrogen) atoms. The SMILES string of the molecule is O=C([O-])C1CCCN1C(=S)[S-].[Na+].[Na+]. The standard InChI is InChI=1S/C6H9NO2S2.2Na/c8-5(9)4-2-1-3-7(4)6(10)11;;/h4H,1-3H2,(H,8,9)(H,10,11);;/q;2*+1/p-2. The van der Waals surface area contributed by atoms with E-state index in [1.165, 1.54) is 4.90 Å². The van der Waals surface area contributed by atoms with Crippen LogP contribution >= 0.6 is 12.2 Å². The molecule has 0 aromatic heterocycles. The van der Waals surface area contributed by atoms with E-state index in [1.807, 2.05) is 0 Å². The van der Waals surface area contributed by atoms with Crippen molar-refractivity contribution >= 4 is 35.1 Å². The number of carbonyl (C=O) groups is 1. The van der Waals surface area contributed by atoms with Gasteiger partial charge < -0.3 is 39.6 Å². The Balaban J connectivity index is 0. The maximum absolute atomic E-state index is 10.5. The van der Waals surface area contributed by atoms with Crippen molar-refractivity contribution in [3.8, 4) is 0 Å². The summed E-state index contributed by atoms with van der Waals surface area (Å²) < 4.78 is 0.233. The van der Waals surface area contributed by atoms with E-state index in [-0.39, 0.29) is 63.4 Å². The number of nitrogens with zero attached hydrogens (tertiary/aromatic N) is 1. The molecule has 0 spiro atoms. The molecule has 0 amide bonds. The number of rotatable bonds is 1. The number of hydrogen-bond acceptors (Lipinski definition) is 4. The summed E-state index contributed by atoms with van der Waals surface area (Å²) in [4.78, 5) is 12.0. The van der Waals surface area contributed by atoms with Crippen LogP contribution in [0.1, 0.15) is 12.8 Å². The van der Waals surface area contributed by atoms with Crippen molar-refractivity contribution in [2.75, 3.05) is 6.54 Å². The summed E-state index contributed by atoms with van der Waals surface area (Å²) in [5.74, 6) is -1.07. The van der Waals surface area contributed by atoms with Gasteiger partial charge in [0.2, 0.25) is 0 Å². The molecule has 0 bridgehead atoms. The molecular weight excluding hydrogens is 228 g/mol. The zero-order valence-electron chi connectivity index (χ0n) is 7.78. The molecule has 0 aliphatic carbocycles. The second kappa shape index (κ2) is 7.82. The largest absolute Gasteiger partial charge is 1.00 e. The predicted molar refractivity (Wildman–Crippen MR) is 44.7 cm³/mol. The Bertz CT molecular complexity index is 183. The molecule has 1 aliphatic rings. The van der Waals surface area contributed by atoms with Crippen molar-refractivity contribution < 1.29 is 69.0 Å². The smallest absolute Gasteiger partial charge is 0.548 e. The number of hydrogen-bond donors (Lipinski definition) is 0. The summed E-state index contributed by atoms with van der Waals surface area (Å²) in [6.07, 6.45) is 1.43. The summed E-state index contributed by atoms with van der Waals surface area (Å²) in [5.41, 5.74) is 0. The van der Waals surface area contributed by atoms with Crippen LogP contribution in [0, 0.1) is 0 Å². The van der Waals surface area contributed by atoms with Gasteiger partial charge in [-0.25, -0.2) is 0 Å². The zero-order valence-corrected chi connectivity index (χ0v) is 13.4. The molecule has 3 nitrogen and oxygen atoms in total. The average Bonchev–Trinajstić information content (AvgIpc) is 2.32. The van der Waals surface area contributed by atoms with Crippen molar-refractivity contribution in [1.82, 2.24) is 4.90 Å². The summed E-state index contributed by atoms with van der Waals surface area (Å²) in [7, 11) is 0. The van der Waals surface area contributed by atoms with Crippen LogP contribution in [0.5, 0.6) is 0 Å². The molecule has 0 N–H and O–H groups in total. The first-order valence-corrected chi connectivity index (χ1v) is 4.13. The molecule has 1 atom stereocenters. The van der Waals surface area contributed by atoms with Crippen LogP contribution in [0.4, 0.5) is 0 Å². The van der Waals surface area contributed by atoms with Gasteiger partial charge in [-0.2, -0.15) is 0 Å². The monoisotopic (exact) mass is 235 g/mol. The summed E-state index contributed by atoms with van der Waals surface area (Å²) >= 11 is 9.40. The Morgan fingerprint density at radius 1 is 1.54 bits per heavy atom. The molecule has 0 aromatic carbocycles. The first-order chi connectivity index (χ1) is 5.13. The molecular formula is C6H7NNa2O2S2. The van der Waals surface area contributed by atoms with Crippen molar-refractivity contribution in [3.05, 3.63) is 0 Å². The fourth-order valence-electron chi connectivity index (χ4n) is 1.23. The molecule has 1 heterocycles. The molecule has 1 unspecified atom stereocenters. The third-order valence-corrected chi connectivity index (χ3v) is 2.23. The fraction of sp³-hybridized carbons (Fsp3) is 0.667. The molecule has 62 valence electrons. The van der Waals surface area contributed by atoms with Gasteiger partial charge >= 0.3 is 59.1 Å². The molecule has 0 radical (unpaired) electrons. The fourth-order valence-corrected chi connectivity index (χ4v) is 1.67. The molecule has 1 fully saturated rings. The second-order valence-electron chi connectivity index (χ2n) is 2.44. The van der Waals surface area contributed by atoms with E-state index in [0.29, 0.717) is 13.0 Å². The Labute approximate surface area is 133 Å². The zero-order chi connectivity index (χ0) is 8.43. The third kappa shape index (κ3) is 4.75. The summed E-state index contributed by atoms with van der Waals surface area (Å²) in [6, 6.07) is -0.583. The van der Waals surface area contributed by atoms with Gasteiger partial charge in [-0.1, -0.05) is 4.32 Å². The van der Waals surface area contributed by atoms with Crippen molar-refractivity contribution in [3.63, 3.8) is 0 Å². The summed E-state index contributed by atoms with van der Waals surface area (Å²) in [6.45, 7) is 0.654. The van der Waals surface area contributed by atoms with E-state index in [0.717, 1.165) is 6.42 Å². The van der Waals surface area contributed by atoms with Gasteiger partial charge in [-0.3, -0.25) is 0 Å². The number of carboxylic acids is 1. The Hall–Kier alpha value is 1.58. The molecule has 0 saturated carbocycles. The Kier molecular flexibility index (Phi) is 10.2. The normalized spacial score (nSPS) is 20.0. The second-order valence-corrected chi connectivity index (χ2v) is 3.47. The van der Waals surface area contributed by atoms with Gasteiger partial charge in [0.1, 0.15) is 0 Å². The van der Waals surface area contributed by atoms with E-state index < -0.39 is 12.0 Å². The van der Waals surface area contributed by atoms with Crippen LogP contribution in [-0.2, 0) is 17.4 Å². The van der Waals surface area contributed by atoms with Gasteiger partial charge in [0, 0.05) is 6.54 Å². The Morgan fingerprint density at radius 2 is 2.08 bits per heavy atom. The van der Waals surface area contributed by atoms with Crippen LogP contribution in [0.2, 0.25) is 0 Å². The van der Waals surface area contributed by atoms with Gasteiger partial charge in [0.25, 0.3) is 0 Å². The molecule has 1 saturated heterocycles. The van der Waals surface area contributed by atoms with E-state index in [2.05, 4.69) is 0 Å². The molecule has 0 aromatic rings. The minimum absolute atomic E-state index is 0. The number of carboxylic acid groups (broad SMARTS) is 1. The topological polar surface area (TPSA) is 43.4 Å². The number of aliphatic carboxylic acids is 1. The van der Waals surface area contributed by atoms with Gasteiger partial charge in [-0.15, -0.1) is 0 Å². The van der Waals surface area contributed by atoms with Gasteiger partial charge in [-0.05, 0) is 12.8 Å². The number of thiocarbonyl (C=S) groups is 1. The van der Waals surface area contributed by atoms with Crippen LogP contribution in [-0.4, -0.2) is 27.8 Å². The minimum atomic E-state index is -1.07. The van der Waals surface area contributed by atoms with Crippen molar-refractivity contribution in [1.29, 1.82) is 0 Å². The van der Waals surface area contributed by atoms with E-state index in [1.54, 1.807) is 0 Å². The first-order valence-electron chi connectivity index (χ1n) is 3.31. The third-order valence-electron chi connectivity index (χ3n) is 1.76. The van der Waals surface area contributed by atoms with Crippen LogP contribution in [0.15, 0.2) is 0 Å². The maximum atomic E-state index is 10.5. The van der Waals surface area contributed by atoms with E-state index in [4.69, 9.17) is 24.8 Å². The summed E-state index contributed by atoms with van der Waals surface area (Å²) in [5, 5.41) is 10.5. The number of likely N-dealkylation sites (tertiary alicyclic amines) is 1. The quantitative estimate of drug-likeness (QED) is 0.257. The van der Waals surface area contributed by atoms with Crippen LogP contribution < -0.4 is 64.2 Å². The van der Waals surface area contributed by atoms with Crippen LogP contribution in [0.3, 0.4) is 0 Å². The molecule has 1 rings (SSSR count). The Morgan fingerprint density at radius 3 is 2.38 bits per heavy atom. The average molecular weight is 235 g/mol. The van der Waals surface area contributed by atoms with E-state index in [9.17, 15) is 9.90 Å².